The Morgan fingerprint density at radius 2 is 1.78 bits per heavy atom. The second-order valence-electron chi connectivity index (χ2n) is 5.55. The first-order valence-corrected chi connectivity index (χ1v) is 8.08. The summed E-state index contributed by atoms with van der Waals surface area (Å²) in [5, 5.41) is 1.30. The Bertz CT molecular complexity index is 279. The number of nitrogens with two attached hydrogens (primary N) is 1. The second kappa shape index (κ2) is 6.66. The molecule has 1 aliphatic carbocycles. The molecular formula is C13H26N4S. The fourth-order valence-electron chi connectivity index (χ4n) is 2.94. The molecule has 1 heterocycles. The topological polar surface area (TPSA) is 53.6 Å². The smallest absolute Gasteiger partial charge is 0.208 e. The van der Waals surface area contributed by atoms with Crippen LogP contribution in [0.5, 0.6) is 0 Å². The van der Waals surface area contributed by atoms with Crippen molar-refractivity contribution in [3.05, 3.63) is 0 Å². The van der Waals surface area contributed by atoms with Crippen LogP contribution in [0.25, 0.3) is 0 Å². The molecule has 0 aromatic heterocycles. The SMILES string of the molecule is CC1CN(C(=NC2CCCCC2)NN)CC(C)S1. The van der Waals surface area contributed by atoms with Gasteiger partial charge < -0.3 is 4.90 Å². The Kier molecular flexibility index (Phi) is 5.18. The van der Waals surface area contributed by atoms with Gasteiger partial charge >= 0.3 is 0 Å². The first kappa shape index (κ1) is 14.0. The predicted octanol–water partition coefficient (Wildman–Crippen LogP) is 1.96. The number of nitrogens with one attached hydrogen (secondary N) is 1. The molecule has 2 fully saturated rings. The number of hydrogen-bond acceptors (Lipinski definition) is 3. The Morgan fingerprint density at radius 3 is 2.33 bits per heavy atom. The zero-order valence-electron chi connectivity index (χ0n) is 11.6. The average molecular weight is 270 g/mol. The number of aliphatic imine (C=N–C) groups is 1. The molecule has 2 rings (SSSR count). The Balaban J connectivity index is 1.99. The van der Waals surface area contributed by atoms with Gasteiger partial charge in [-0.05, 0) is 12.8 Å². The molecular weight excluding hydrogens is 244 g/mol. The first-order valence-electron chi connectivity index (χ1n) is 7.14. The third-order valence-electron chi connectivity index (χ3n) is 3.73. The summed E-state index contributed by atoms with van der Waals surface area (Å²) in [5.41, 5.74) is 2.83. The van der Waals surface area contributed by atoms with Crippen LogP contribution in [0.15, 0.2) is 4.99 Å². The van der Waals surface area contributed by atoms with Gasteiger partial charge in [-0.2, -0.15) is 11.8 Å². The highest BCUT2D eigenvalue weighted by Crippen LogP contribution is 2.25. The van der Waals surface area contributed by atoms with Crippen molar-refractivity contribution in [2.45, 2.75) is 62.5 Å². The van der Waals surface area contributed by atoms with Crippen LogP contribution in [0.3, 0.4) is 0 Å². The van der Waals surface area contributed by atoms with Gasteiger partial charge in [-0.1, -0.05) is 33.1 Å². The van der Waals surface area contributed by atoms with Crippen LogP contribution < -0.4 is 11.3 Å². The Hall–Kier alpha value is -0.420. The summed E-state index contributed by atoms with van der Waals surface area (Å²) >= 11 is 2.05. The fraction of sp³-hybridized carbons (Fsp3) is 0.923. The van der Waals surface area contributed by atoms with E-state index in [-0.39, 0.29) is 0 Å². The highest BCUT2D eigenvalue weighted by atomic mass is 32.2. The zero-order chi connectivity index (χ0) is 13.0. The van der Waals surface area contributed by atoms with Gasteiger partial charge in [0.1, 0.15) is 0 Å². The van der Waals surface area contributed by atoms with Gasteiger partial charge in [-0.3, -0.25) is 5.43 Å². The number of guanidine groups is 1. The lowest BCUT2D eigenvalue weighted by Gasteiger charge is -2.36. The number of hydrazine groups is 1. The molecule has 1 saturated carbocycles. The number of thioether (sulfide) groups is 1. The van der Waals surface area contributed by atoms with Crippen molar-refractivity contribution in [2.75, 3.05) is 13.1 Å². The van der Waals surface area contributed by atoms with Crippen molar-refractivity contribution in [2.24, 2.45) is 10.8 Å². The highest BCUT2D eigenvalue weighted by molar-refractivity contribution is 8.00. The maximum absolute atomic E-state index is 5.68. The minimum absolute atomic E-state index is 0.477. The van der Waals surface area contributed by atoms with Crippen molar-refractivity contribution in [3.63, 3.8) is 0 Å². The Labute approximate surface area is 115 Å². The minimum Gasteiger partial charge on any atom is -0.340 e. The minimum atomic E-state index is 0.477. The summed E-state index contributed by atoms with van der Waals surface area (Å²) < 4.78 is 0. The second-order valence-corrected chi connectivity index (χ2v) is 7.43. The van der Waals surface area contributed by atoms with Crippen molar-refractivity contribution in [3.8, 4) is 0 Å². The fourth-order valence-corrected chi connectivity index (χ4v) is 4.27. The van der Waals surface area contributed by atoms with Crippen LogP contribution in [-0.4, -0.2) is 40.5 Å². The lowest BCUT2D eigenvalue weighted by molar-refractivity contribution is 0.382. The van der Waals surface area contributed by atoms with Gasteiger partial charge in [-0.15, -0.1) is 0 Å². The van der Waals surface area contributed by atoms with E-state index in [1.54, 1.807) is 0 Å². The quantitative estimate of drug-likeness (QED) is 0.331. The average Bonchev–Trinajstić information content (AvgIpc) is 2.36. The van der Waals surface area contributed by atoms with Crippen LogP contribution >= 0.6 is 11.8 Å². The van der Waals surface area contributed by atoms with Crippen LogP contribution in [0.1, 0.15) is 46.0 Å². The van der Waals surface area contributed by atoms with E-state index in [9.17, 15) is 0 Å². The van der Waals surface area contributed by atoms with Gasteiger partial charge in [0.05, 0.1) is 6.04 Å². The summed E-state index contributed by atoms with van der Waals surface area (Å²) in [6.45, 7) is 6.65. The molecule has 2 aliphatic rings. The number of rotatable bonds is 1. The monoisotopic (exact) mass is 270 g/mol. The molecule has 0 radical (unpaired) electrons. The van der Waals surface area contributed by atoms with Crippen LogP contribution in [0.2, 0.25) is 0 Å². The van der Waals surface area contributed by atoms with Crippen molar-refractivity contribution >= 4 is 17.7 Å². The van der Waals surface area contributed by atoms with Crippen molar-refractivity contribution < 1.29 is 0 Å². The van der Waals surface area contributed by atoms with Crippen molar-refractivity contribution in [1.29, 1.82) is 0 Å². The maximum atomic E-state index is 5.68. The molecule has 0 amide bonds. The third-order valence-corrected chi connectivity index (χ3v) is 4.96. The molecule has 104 valence electrons. The third kappa shape index (κ3) is 3.79. The van der Waals surface area contributed by atoms with E-state index in [0.717, 1.165) is 19.0 Å². The zero-order valence-corrected chi connectivity index (χ0v) is 12.4. The molecule has 0 aromatic rings. The lowest BCUT2D eigenvalue weighted by atomic mass is 9.96. The van der Waals surface area contributed by atoms with Crippen LogP contribution in [0, 0.1) is 0 Å². The summed E-state index contributed by atoms with van der Waals surface area (Å²) in [6.07, 6.45) is 6.44. The van der Waals surface area contributed by atoms with E-state index in [1.165, 1.54) is 32.1 Å². The summed E-state index contributed by atoms with van der Waals surface area (Å²) in [4.78, 5) is 7.16. The van der Waals surface area contributed by atoms with Crippen molar-refractivity contribution in [1.82, 2.24) is 10.3 Å². The van der Waals surface area contributed by atoms with E-state index >= 15 is 0 Å². The molecule has 0 spiro atoms. The summed E-state index contributed by atoms with van der Waals surface area (Å²) in [6, 6.07) is 0.477. The highest BCUT2D eigenvalue weighted by Gasteiger charge is 2.25. The van der Waals surface area contributed by atoms with E-state index < -0.39 is 0 Å². The normalized spacial score (nSPS) is 31.5. The van der Waals surface area contributed by atoms with E-state index in [0.29, 0.717) is 16.5 Å². The molecule has 2 atom stereocenters. The molecule has 18 heavy (non-hydrogen) atoms. The molecule has 4 nitrogen and oxygen atoms in total. The van der Waals surface area contributed by atoms with Gasteiger partial charge in [0.25, 0.3) is 0 Å². The molecule has 3 N–H and O–H groups in total. The van der Waals surface area contributed by atoms with Gasteiger partial charge in [0.2, 0.25) is 5.96 Å². The molecule has 5 heteroatoms. The summed E-state index contributed by atoms with van der Waals surface area (Å²) in [5.74, 6) is 6.59. The first-order chi connectivity index (χ1) is 8.69. The van der Waals surface area contributed by atoms with Gasteiger partial charge in [-0.25, -0.2) is 10.8 Å². The van der Waals surface area contributed by atoms with Gasteiger partial charge in [0, 0.05) is 23.6 Å². The van der Waals surface area contributed by atoms with Crippen LogP contribution in [-0.2, 0) is 0 Å². The van der Waals surface area contributed by atoms with Gasteiger partial charge in [0.15, 0.2) is 0 Å². The standard InChI is InChI=1S/C13H26N4S/c1-10-8-17(9-11(2)18-10)13(16-14)15-12-6-4-3-5-7-12/h10-12H,3-9,14H2,1-2H3,(H,15,16). The van der Waals surface area contributed by atoms with Crippen LogP contribution in [0.4, 0.5) is 0 Å². The van der Waals surface area contributed by atoms with E-state index in [4.69, 9.17) is 10.8 Å². The largest absolute Gasteiger partial charge is 0.340 e. The predicted molar refractivity (Wildman–Crippen MR) is 79.7 cm³/mol. The number of nitrogens with zero attached hydrogens (tertiary/aromatic N) is 2. The van der Waals surface area contributed by atoms with E-state index in [2.05, 4.69) is 35.9 Å². The maximum Gasteiger partial charge on any atom is 0.208 e. The Morgan fingerprint density at radius 1 is 1.17 bits per heavy atom. The lowest BCUT2D eigenvalue weighted by Crippen LogP contribution is -2.52. The molecule has 1 saturated heterocycles. The molecule has 2 unspecified atom stereocenters. The molecule has 0 aromatic carbocycles. The van der Waals surface area contributed by atoms with E-state index in [1.807, 2.05) is 0 Å². The number of hydrogen-bond donors (Lipinski definition) is 2. The summed E-state index contributed by atoms with van der Waals surface area (Å²) in [7, 11) is 0. The molecule has 0 bridgehead atoms. The molecule has 1 aliphatic heterocycles.